The maximum atomic E-state index is 5.82. The van der Waals surface area contributed by atoms with Crippen LogP contribution in [0.15, 0.2) is 23.3 Å². The molecule has 1 aliphatic heterocycles. The van der Waals surface area contributed by atoms with Crippen molar-refractivity contribution in [1.29, 1.82) is 0 Å². The average molecular weight is 458 g/mol. The number of hydrogen-bond donors (Lipinski definition) is 1. The van der Waals surface area contributed by atoms with Gasteiger partial charge in [0, 0.05) is 38.4 Å². The number of aromatic nitrogens is 1. The van der Waals surface area contributed by atoms with Gasteiger partial charge < -0.3 is 15.0 Å². The van der Waals surface area contributed by atoms with Crippen molar-refractivity contribution in [1.82, 2.24) is 15.2 Å². The van der Waals surface area contributed by atoms with Gasteiger partial charge in [0.1, 0.15) is 0 Å². The van der Waals surface area contributed by atoms with Crippen molar-refractivity contribution >= 4 is 29.9 Å². The molecule has 1 aromatic heterocycles. The van der Waals surface area contributed by atoms with Crippen molar-refractivity contribution in [3.8, 4) is 5.88 Å². The lowest BCUT2D eigenvalue weighted by Gasteiger charge is -2.38. The molecule has 5 nitrogen and oxygen atoms in total. The van der Waals surface area contributed by atoms with Gasteiger partial charge in [-0.05, 0) is 37.2 Å². The smallest absolute Gasteiger partial charge is 0.218 e. The fourth-order valence-electron chi connectivity index (χ4n) is 3.71. The van der Waals surface area contributed by atoms with Crippen molar-refractivity contribution in [3.63, 3.8) is 0 Å². The summed E-state index contributed by atoms with van der Waals surface area (Å²) in [6.07, 6.45) is 9.46. The van der Waals surface area contributed by atoms with Crippen LogP contribution >= 0.6 is 24.0 Å². The molecule has 1 spiro atoms. The van der Waals surface area contributed by atoms with E-state index in [1.165, 1.54) is 25.7 Å². The van der Waals surface area contributed by atoms with Gasteiger partial charge in [0.05, 0.1) is 6.61 Å². The molecule has 0 bridgehead atoms. The van der Waals surface area contributed by atoms with Gasteiger partial charge in [-0.1, -0.05) is 25.8 Å². The number of likely N-dealkylation sites (tertiary alicyclic amines) is 1. The van der Waals surface area contributed by atoms with Gasteiger partial charge in [-0.3, -0.25) is 4.99 Å². The molecule has 1 aliphatic carbocycles. The van der Waals surface area contributed by atoms with Crippen LogP contribution in [0.2, 0.25) is 0 Å². The third-order valence-electron chi connectivity index (χ3n) is 5.39. The van der Waals surface area contributed by atoms with Gasteiger partial charge in [-0.2, -0.15) is 0 Å². The highest BCUT2D eigenvalue weighted by molar-refractivity contribution is 14.0. The molecule has 25 heavy (non-hydrogen) atoms. The number of hydrogen-bond acceptors (Lipinski definition) is 3. The summed E-state index contributed by atoms with van der Waals surface area (Å²) in [4.78, 5) is 11.3. The summed E-state index contributed by atoms with van der Waals surface area (Å²) >= 11 is 0. The predicted molar refractivity (Wildman–Crippen MR) is 113 cm³/mol. The molecule has 2 fully saturated rings. The summed E-state index contributed by atoms with van der Waals surface area (Å²) in [5.41, 5.74) is 1.67. The quantitative estimate of drug-likeness (QED) is 0.305. The van der Waals surface area contributed by atoms with Crippen molar-refractivity contribution < 1.29 is 4.74 Å². The third kappa shape index (κ3) is 4.99. The summed E-state index contributed by atoms with van der Waals surface area (Å²) in [5, 5.41) is 3.50. The number of unbranched alkanes of at least 4 members (excludes halogenated alkanes) is 1. The monoisotopic (exact) mass is 458 g/mol. The highest BCUT2D eigenvalue weighted by atomic mass is 127. The highest BCUT2D eigenvalue weighted by Gasteiger charge is 2.43. The molecule has 1 saturated heterocycles. The molecule has 1 aromatic rings. The molecule has 3 rings (SSSR count). The summed E-state index contributed by atoms with van der Waals surface area (Å²) in [6.45, 7) is 5.86. The molecule has 2 aliphatic rings. The Hall–Kier alpha value is -1.05. The fraction of sp³-hybridized carbons (Fsp3) is 0.684. The summed E-state index contributed by atoms with van der Waals surface area (Å²) in [7, 11) is 1.87. The highest BCUT2D eigenvalue weighted by Crippen LogP contribution is 2.47. The van der Waals surface area contributed by atoms with E-state index in [-0.39, 0.29) is 24.0 Å². The lowest BCUT2D eigenvalue weighted by atomic mass is 9.68. The maximum absolute atomic E-state index is 5.82. The molecule has 0 unspecified atom stereocenters. The Balaban J connectivity index is 0.00000225. The first-order chi connectivity index (χ1) is 11.8. The zero-order valence-corrected chi connectivity index (χ0v) is 17.8. The molecule has 1 N–H and O–H groups in total. The molecule has 140 valence electrons. The lowest BCUT2D eigenvalue weighted by molar-refractivity contribution is 0.151. The van der Waals surface area contributed by atoms with Crippen LogP contribution in [0.1, 0.15) is 51.0 Å². The minimum atomic E-state index is 0. The molecular formula is C19H31IN4O. The van der Waals surface area contributed by atoms with E-state index in [1.54, 1.807) is 6.20 Å². The molecule has 2 heterocycles. The fourth-order valence-corrected chi connectivity index (χ4v) is 3.71. The van der Waals surface area contributed by atoms with Crippen LogP contribution in [0.4, 0.5) is 0 Å². The second-order valence-electron chi connectivity index (χ2n) is 7.10. The molecule has 0 radical (unpaired) electrons. The van der Waals surface area contributed by atoms with Crippen LogP contribution in [0.5, 0.6) is 5.88 Å². The molecule has 0 amide bonds. The van der Waals surface area contributed by atoms with Gasteiger partial charge in [-0.15, -0.1) is 24.0 Å². The van der Waals surface area contributed by atoms with E-state index in [0.29, 0.717) is 12.0 Å². The van der Waals surface area contributed by atoms with E-state index in [1.807, 2.05) is 13.1 Å². The topological polar surface area (TPSA) is 49.8 Å². The van der Waals surface area contributed by atoms with Gasteiger partial charge in [0.25, 0.3) is 0 Å². The van der Waals surface area contributed by atoms with Gasteiger partial charge in [0.2, 0.25) is 5.88 Å². The molecule has 1 saturated carbocycles. The molecule has 0 atom stereocenters. The third-order valence-corrected chi connectivity index (χ3v) is 5.39. The van der Waals surface area contributed by atoms with Crippen molar-refractivity contribution in [2.24, 2.45) is 10.4 Å². The number of rotatable bonds is 6. The number of guanidine groups is 1. The molecular weight excluding hydrogens is 427 g/mol. The average Bonchev–Trinajstić information content (AvgIpc) is 3.03. The first-order valence-corrected chi connectivity index (χ1v) is 9.29. The van der Waals surface area contributed by atoms with Crippen LogP contribution < -0.4 is 10.1 Å². The first-order valence-electron chi connectivity index (χ1n) is 9.29. The number of aliphatic imine (C=N–C) groups is 1. The summed E-state index contributed by atoms with van der Waals surface area (Å²) < 4.78 is 5.82. The van der Waals surface area contributed by atoms with Crippen LogP contribution in [0.25, 0.3) is 0 Å². The lowest BCUT2D eigenvalue weighted by Crippen LogP contribution is -2.42. The van der Waals surface area contributed by atoms with Gasteiger partial charge >= 0.3 is 0 Å². The Morgan fingerprint density at radius 2 is 2.24 bits per heavy atom. The van der Waals surface area contributed by atoms with Crippen molar-refractivity contribution in [2.75, 3.05) is 26.7 Å². The van der Waals surface area contributed by atoms with Crippen molar-refractivity contribution in [3.05, 3.63) is 23.9 Å². The summed E-state index contributed by atoms with van der Waals surface area (Å²) in [5.74, 6) is 1.74. The Bertz CT molecular complexity index is 574. The Labute approximate surface area is 168 Å². The van der Waals surface area contributed by atoms with Crippen LogP contribution in [-0.4, -0.2) is 42.6 Å². The summed E-state index contributed by atoms with van der Waals surface area (Å²) in [6, 6.07) is 4.04. The zero-order chi connectivity index (χ0) is 16.8. The number of ether oxygens (including phenoxy) is 1. The Kier molecular flexibility index (Phi) is 7.78. The number of nitrogens with one attached hydrogen (secondary N) is 1. The van der Waals surface area contributed by atoms with E-state index >= 15 is 0 Å². The zero-order valence-electron chi connectivity index (χ0n) is 15.5. The molecule has 0 aromatic carbocycles. The second kappa shape index (κ2) is 9.59. The SMILES string of the molecule is CCCCOc1ncccc1CNC(=NC)N1CCC2(CCC2)C1.I. The number of pyridine rings is 1. The van der Waals surface area contributed by atoms with Gasteiger partial charge in [-0.25, -0.2) is 4.98 Å². The first kappa shape index (κ1) is 20.3. The maximum Gasteiger partial charge on any atom is 0.218 e. The number of halogens is 1. The van der Waals surface area contributed by atoms with Crippen LogP contribution in [-0.2, 0) is 6.54 Å². The largest absolute Gasteiger partial charge is 0.477 e. The normalized spacial score (nSPS) is 18.6. The minimum Gasteiger partial charge on any atom is -0.477 e. The van der Waals surface area contributed by atoms with E-state index in [2.05, 4.69) is 33.2 Å². The van der Waals surface area contributed by atoms with Crippen molar-refractivity contribution in [2.45, 2.75) is 52.0 Å². The second-order valence-corrected chi connectivity index (χ2v) is 7.10. The van der Waals surface area contributed by atoms with E-state index in [4.69, 9.17) is 4.74 Å². The van der Waals surface area contributed by atoms with E-state index < -0.39 is 0 Å². The van der Waals surface area contributed by atoms with Gasteiger partial charge in [0.15, 0.2) is 5.96 Å². The van der Waals surface area contributed by atoms with Crippen LogP contribution in [0, 0.1) is 5.41 Å². The number of nitrogens with zero attached hydrogens (tertiary/aromatic N) is 3. The van der Waals surface area contributed by atoms with E-state index in [0.717, 1.165) is 49.9 Å². The standard InChI is InChI=1S/C19H30N4O.HI/c1-3-4-13-24-17-16(7-5-11-21-17)14-22-18(20-2)23-12-10-19(15-23)8-6-9-19;/h5,7,11H,3-4,6,8-10,12-15H2,1-2H3,(H,20,22);1H. The molecule has 6 heteroatoms. The Morgan fingerprint density at radius 1 is 1.40 bits per heavy atom. The minimum absolute atomic E-state index is 0. The van der Waals surface area contributed by atoms with E-state index in [9.17, 15) is 0 Å². The Morgan fingerprint density at radius 3 is 2.88 bits per heavy atom. The predicted octanol–water partition coefficient (Wildman–Crippen LogP) is 3.83. The van der Waals surface area contributed by atoms with Crippen LogP contribution in [0.3, 0.4) is 0 Å².